The highest BCUT2D eigenvalue weighted by molar-refractivity contribution is 5.94. The van der Waals surface area contributed by atoms with Crippen LogP contribution in [0.15, 0.2) is 18.2 Å². The van der Waals surface area contributed by atoms with Gasteiger partial charge in [0.2, 0.25) is 0 Å². The molecule has 0 saturated heterocycles. The van der Waals surface area contributed by atoms with E-state index in [-0.39, 0.29) is 11.2 Å². The number of hydrogen-bond donors (Lipinski definition) is 0. The summed E-state index contributed by atoms with van der Waals surface area (Å²) in [4.78, 5) is 12.5. The molecular formula is C17H21NO. The van der Waals surface area contributed by atoms with Crippen molar-refractivity contribution in [2.24, 2.45) is 10.8 Å². The number of carbonyl (C=O) groups excluding carboxylic acids is 1. The van der Waals surface area contributed by atoms with E-state index in [1.54, 1.807) is 0 Å². The van der Waals surface area contributed by atoms with Crippen molar-refractivity contribution in [3.05, 3.63) is 34.9 Å². The van der Waals surface area contributed by atoms with E-state index < -0.39 is 5.41 Å². The molecule has 2 rings (SSSR count). The second kappa shape index (κ2) is 4.49. The molecule has 0 spiro atoms. The Morgan fingerprint density at radius 2 is 1.74 bits per heavy atom. The average molecular weight is 255 g/mol. The number of hydrogen-bond acceptors (Lipinski definition) is 2. The molecule has 0 aromatic heterocycles. The van der Waals surface area contributed by atoms with E-state index in [1.807, 2.05) is 13.8 Å². The van der Waals surface area contributed by atoms with Crippen LogP contribution in [0.2, 0.25) is 0 Å². The van der Waals surface area contributed by atoms with Gasteiger partial charge in [-0.3, -0.25) is 4.79 Å². The van der Waals surface area contributed by atoms with Gasteiger partial charge in [0.1, 0.15) is 5.41 Å². The summed E-state index contributed by atoms with van der Waals surface area (Å²) in [5.74, 6) is 0.113. The van der Waals surface area contributed by atoms with Crippen molar-refractivity contribution in [2.45, 2.75) is 47.0 Å². The molecule has 1 atom stereocenters. The fraction of sp³-hybridized carbons (Fsp3) is 0.529. The third-order valence-electron chi connectivity index (χ3n) is 4.23. The maximum atomic E-state index is 12.5. The lowest BCUT2D eigenvalue weighted by Gasteiger charge is -2.22. The lowest BCUT2D eigenvalue weighted by Crippen LogP contribution is -2.33. The van der Waals surface area contributed by atoms with Crippen LogP contribution in [0.4, 0.5) is 0 Å². The van der Waals surface area contributed by atoms with E-state index in [2.05, 4.69) is 38.1 Å². The first-order valence-electron chi connectivity index (χ1n) is 6.82. The largest absolute Gasteiger partial charge is 0.297 e. The van der Waals surface area contributed by atoms with E-state index in [9.17, 15) is 10.1 Å². The summed E-state index contributed by atoms with van der Waals surface area (Å²) in [5, 5.41) is 9.55. The minimum Gasteiger partial charge on any atom is -0.297 e. The molecule has 1 aromatic carbocycles. The first-order valence-corrected chi connectivity index (χ1v) is 6.82. The molecule has 0 amide bonds. The molecule has 1 unspecified atom stereocenters. The van der Waals surface area contributed by atoms with E-state index in [1.165, 1.54) is 11.1 Å². The van der Waals surface area contributed by atoms with Gasteiger partial charge in [-0.1, -0.05) is 43.2 Å². The lowest BCUT2D eigenvalue weighted by molar-refractivity contribution is -0.130. The Bertz CT molecular complexity index is 545. The Labute approximate surface area is 115 Å². The molecule has 0 bridgehead atoms. The molecule has 0 aliphatic heterocycles. The van der Waals surface area contributed by atoms with Crippen molar-refractivity contribution in [2.75, 3.05) is 0 Å². The van der Waals surface area contributed by atoms with Crippen LogP contribution in [-0.2, 0) is 11.2 Å². The number of ketones is 1. The topological polar surface area (TPSA) is 40.9 Å². The van der Waals surface area contributed by atoms with Gasteiger partial charge in [-0.15, -0.1) is 0 Å². The van der Waals surface area contributed by atoms with E-state index >= 15 is 0 Å². The lowest BCUT2D eigenvalue weighted by atomic mass is 9.76. The van der Waals surface area contributed by atoms with Crippen molar-refractivity contribution in [3.63, 3.8) is 0 Å². The zero-order valence-electron chi connectivity index (χ0n) is 12.2. The average Bonchev–Trinajstić information content (AvgIpc) is 2.53. The third-order valence-corrected chi connectivity index (χ3v) is 4.23. The second-order valence-electron chi connectivity index (χ2n) is 6.58. The predicted octanol–water partition coefficient (Wildman–Crippen LogP) is 3.75. The van der Waals surface area contributed by atoms with Crippen LogP contribution < -0.4 is 0 Å². The quantitative estimate of drug-likeness (QED) is 0.807. The van der Waals surface area contributed by atoms with Gasteiger partial charge in [-0.2, -0.15) is 5.26 Å². The maximum Gasteiger partial charge on any atom is 0.158 e. The SMILES string of the molecule is Cc1cc(C)cc(CC2(C#N)CCC(C)(C)C2=O)c1. The number of benzene rings is 1. The fourth-order valence-electron chi connectivity index (χ4n) is 3.24. The van der Waals surface area contributed by atoms with E-state index in [0.717, 1.165) is 12.0 Å². The fourth-order valence-corrected chi connectivity index (χ4v) is 3.24. The van der Waals surface area contributed by atoms with Gasteiger partial charge in [0.25, 0.3) is 0 Å². The van der Waals surface area contributed by atoms with Crippen LogP contribution in [-0.4, -0.2) is 5.78 Å². The summed E-state index contributed by atoms with van der Waals surface area (Å²) in [6.45, 7) is 8.01. The zero-order valence-corrected chi connectivity index (χ0v) is 12.2. The van der Waals surface area contributed by atoms with Crippen LogP contribution in [0.3, 0.4) is 0 Å². The number of rotatable bonds is 2. The van der Waals surface area contributed by atoms with Gasteiger partial charge in [-0.05, 0) is 38.7 Å². The number of nitriles is 1. The normalized spacial score (nSPS) is 25.3. The molecule has 1 aliphatic rings. The molecule has 1 aliphatic carbocycles. The smallest absolute Gasteiger partial charge is 0.158 e. The molecule has 0 N–H and O–H groups in total. The highest BCUT2D eigenvalue weighted by Gasteiger charge is 2.52. The summed E-state index contributed by atoms with van der Waals surface area (Å²) in [7, 11) is 0. The molecule has 0 heterocycles. The maximum absolute atomic E-state index is 12.5. The summed E-state index contributed by atoms with van der Waals surface area (Å²) in [5.41, 5.74) is 2.31. The Hall–Kier alpha value is -1.62. The van der Waals surface area contributed by atoms with Crippen LogP contribution in [0.1, 0.15) is 43.4 Å². The van der Waals surface area contributed by atoms with E-state index in [4.69, 9.17) is 0 Å². The number of carbonyl (C=O) groups is 1. The summed E-state index contributed by atoms with van der Waals surface area (Å²) in [6, 6.07) is 8.61. The van der Waals surface area contributed by atoms with Crippen molar-refractivity contribution < 1.29 is 4.79 Å². The Kier molecular flexibility index (Phi) is 3.26. The molecular weight excluding hydrogens is 234 g/mol. The van der Waals surface area contributed by atoms with Crippen molar-refractivity contribution >= 4 is 5.78 Å². The van der Waals surface area contributed by atoms with Gasteiger partial charge in [-0.25, -0.2) is 0 Å². The molecule has 1 fully saturated rings. The summed E-state index contributed by atoms with van der Waals surface area (Å²) < 4.78 is 0. The van der Waals surface area contributed by atoms with E-state index in [0.29, 0.717) is 12.8 Å². The van der Waals surface area contributed by atoms with Crippen LogP contribution in [0, 0.1) is 36.0 Å². The molecule has 19 heavy (non-hydrogen) atoms. The third kappa shape index (κ3) is 2.42. The highest BCUT2D eigenvalue weighted by Crippen LogP contribution is 2.47. The van der Waals surface area contributed by atoms with Crippen LogP contribution in [0.25, 0.3) is 0 Å². The molecule has 2 nitrogen and oxygen atoms in total. The molecule has 100 valence electrons. The van der Waals surface area contributed by atoms with Crippen molar-refractivity contribution in [1.29, 1.82) is 5.26 Å². The minimum absolute atomic E-state index is 0.113. The van der Waals surface area contributed by atoms with Gasteiger partial charge in [0, 0.05) is 5.41 Å². The second-order valence-corrected chi connectivity index (χ2v) is 6.58. The highest BCUT2D eigenvalue weighted by atomic mass is 16.1. The van der Waals surface area contributed by atoms with Crippen molar-refractivity contribution in [3.8, 4) is 6.07 Å². The zero-order chi connectivity index (χ0) is 14.3. The number of Topliss-reactive ketones (excluding diaryl/α,β-unsaturated/α-hetero) is 1. The van der Waals surface area contributed by atoms with Gasteiger partial charge >= 0.3 is 0 Å². The van der Waals surface area contributed by atoms with Crippen LogP contribution in [0.5, 0.6) is 0 Å². The Balaban J connectivity index is 2.35. The minimum atomic E-state index is -0.816. The molecule has 0 radical (unpaired) electrons. The first kappa shape index (κ1) is 13.8. The first-order chi connectivity index (χ1) is 8.79. The van der Waals surface area contributed by atoms with Crippen molar-refractivity contribution in [1.82, 2.24) is 0 Å². The number of nitrogens with zero attached hydrogens (tertiary/aromatic N) is 1. The standard InChI is InChI=1S/C17H21NO/c1-12-7-13(2)9-14(8-12)10-17(11-18)6-5-16(3,4)15(17)19/h7-9H,5-6,10H2,1-4H3. The molecule has 2 heteroatoms. The monoisotopic (exact) mass is 255 g/mol. The van der Waals surface area contributed by atoms with Crippen LogP contribution >= 0.6 is 0 Å². The van der Waals surface area contributed by atoms with Gasteiger partial charge in [0.05, 0.1) is 6.07 Å². The molecule has 1 saturated carbocycles. The predicted molar refractivity (Wildman–Crippen MR) is 75.7 cm³/mol. The Morgan fingerprint density at radius 3 is 2.16 bits per heavy atom. The Morgan fingerprint density at radius 1 is 1.16 bits per heavy atom. The summed E-state index contributed by atoms with van der Waals surface area (Å²) in [6.07, 6.45) is 2.04. The summed E-state index contributed by atoms with van der Waals surface area (Å²) >= 11 is 0. The van der Waals surface area contributed by atoms with Gasteiger partial charge < -0.3 is 0 Å². The van der Waals surface area contributed by atoms with Gasteiger partial charge in [0.15, 0.2) is 5.78 Å². The number of aryl methyl sites for hydroxylation is 2. The molecule has 1 aromatic rings.